The summed E-state index contributed by atoms with van der Waals surface area (Å²) in [5.41, 5.74) is 4.26. The standard InChI is InChI=1S/C27H32N6O4S/c1-18-16-21(19(2)32(18)23-8-7-20(36-3)17-24(23)33(34)35)26-25(22-6-4-5-9-28-22)29-27(38)31(26)11-10-30-12-14-37-15-13-30/h4-9,16-17,25-26H,10-15H2,1-3H3,(H,29,38)/t25-,26+/m1/s1. The number of aryl methyl sites for hydroxylation is 1. The van der Waals surface area contributed by atoms with Crippen molar-refractivity contribution in [1.29, 1.82) is 0 Å². The Morgan fingerprint density at radius 2 is 1.97 bits per heavy atom. The highest BCUT2D eigenvalue weighted by molar-refractivity contribution is 7.80. The first-order valence-corrected chi connectivity index (χ1v) is 13.1. The predicted octanol–water partition coefficient (Wildman–Crippen LogP) is 3.71. The third-order valence-electron chi connectivity index (χ3n) is 7.37. The van der Waals surface area contributed by atoms with E-state index in [0.29, 0.717) is 16.5 Å². The third-order valence-corrected chi connectivity index (χ3v) is 7.72. The number of benzene rings is 1. The lowest BCUT2D eigenvalue weighted by atomic mass is 9.96. The normalized spacial score (nSPS) is 20.0. The molecular weight excluding hydrogens is 504 g/mol. The average Bonchev–Trinajstić information content (AvgIpc) is 3.42. The van der Waals surface area contributed by atoms with Crippen LogP contribution in [-0.4, -0.2) is 75.9 Å². The van der Waals surface area contributed by atoms with Crippen LogP contribution in [0.15, 0.2) is 48.7 Å². The van der Waals surface area contributed by atoms with Gasteiger partial charge in [-0.15, -0.1) is 0 Å². The SMILES string of the molecule is COc1ccc(-n2c(C)cc([C@H]3[C@@H](c4ccccn4)NC(=S)N3CCN3CCOCC3)c2C)c([N+](=O)[O-])c1. The van der Waals surface area contributed by atoms with Gasteiger partial charge in [0.25, 0.3) is 5.69 Å². The summed E-state index contributed by atoms with van der Waals surface area (Å²) in [5.74, 6) is 0.443. The first kappa shape index (κ1) is 26.1. The van der Waals surface area contributed by atoms with Gasteiger partial charge in [0, 0.05) is 43.8 Å². The lowest BCUT2D eigenvalue weighted by Gasteiger charge is -2.32. The fraction of sp³-hybridized carbons (Fsp3) is 0.407. The number of aromatic nitrogens is 2. The smallest absolute Gasteiger partial charge is 0.296 e. The number of hydrogen-bond acceptors (Lipinski definition) is 7. The number of morpholine rings is 1. The van der Waals surface area contributed by atoms with E-state index in [9.17, 15) is 10.1 Å². The molecule has 0 radical (unpaired) electrons. The molecule has 1 N–H and O–H groups in total. The van der Waals surface area contributed by atoms with Gasteiger partial charge in [0.2, 0.25) is 0 Å². The van der Waals surface area contributed by atoms with Crippen molar-refractivity contribution >= 4 is 23.0 Å². The summed E-state index contributed by atoms with van der Waals surface area (Å²) in [7, 11) is 1.50. The summed E-state index contributed by atoms with van der Waals surface area (Å²) >= 11 is 5.85. The van der Waals surface area contributed by atoms with E-state index in [-0.39, 0.29) is 22.7 Å². The summed E-state index contributed by atoms with van der Waals surface area (Å²) in [6.45, 7) is 8.86. The highest BCUT2D eigenvalue weighted by Gasteiger charge is 2.41. The molecule has 0 bridgehead atoms. The van der Waals surface area contributed by atoms with Crippen LogP contribution in [0.4, 0.5) is 5.69 Å². The second-order valence-corrected chi connectivity index (χ2v) is 9.93. The van der Waals surface area contributed by atoms with E-state index in [1.165, 1.54) is 13.2 Å². The number of nitro benzene ring substituents is 1. The molecule has 0 aliphatic carbocycles. The molecule has 0 amide bonds. The average molecular weight is 537 g/mol. The Morgan fingerprint density at radius 1 is 1.18 bits per heavy atom. The van der Waals surface area contributed by atoms with Crippen molar-refractivity contribution in [1.82, 2.24) is 24.7 Å². The van der Waals surface area contributed by atoms with Gasteiger partial charge in [-0.3, -0.25) is 20.0 Å². The predicted molar refractivity (Wildman–Crippen MR) is 148 cm³/mol. The minimum absolute atomic E-state index is 0.0109. The lowest BCUT2D eigenvalue weighted by Crippen LogP contribution is -2.42. The second-order valence-electron chi connectivity index (χ2n) is 9.55. The Kier molecular flexibility index (Phi) is 7.59. The van der Waals surface area contributed by atoms with E-state index >= 15 is 0 Å². The molecule has 2 saturated heterocycles. The van der Waals surface area contributed by atoms with Gasteiger partial charge in [0.15, 0.2) is 5.11 Å². The summed E-state index contributed by atoms with van der Waals surface area (Å²) in [4.78, 5) is 20.9. The summed E-state index contributed by atoms with van der Waals surface area (Å²) < 4.78 is 12.7. The van der Waals surface area contributed by atoms with Crippen molar-refractivity contribution in [2.45, 2.75) is 25.9 Å². The van der Waals surface area contributed by atoms with E-state index in [0.717, 1.165) is 62.0 Å². The Morgan fingerprint density at radius 3 is 2.66 bits per heavy atom. The summed E-state index contributed by atoms with van der Waals surface area (Å²) in [6, 6.07) is 12.7. The van der Waals surface area contributed by atoms with Crippen LogP contribution < -0.4 is 10.1 Å². The highest BCUT2D eigenvalue weighted by Crippen LogP contribution is 2.42. The lowest BCUT2D eigenvalue weighted by molar-refractivity contribution is -0.384. The Hall–Kier alpha value is -3.54. The van der Waals surface area contributed by atoms with Crippen molar-refractivity contribution in [2.75, 3.05) is 46.5 Å². The molecule has 10 nitrogen and oxygen atoms in total. The Labute approximate surface area is 227 Å². The van der Waals surface area contributed by atoms with Gasteiger partial charge in [0.05, 0.1) is 49.1 Å². The first-order chi connectivity index (χ1) is 18.4. The van der Waals surface area contributed by atoms with E-state index < -0.39 is 0 Å². The molecule has 4 heterocycles. The molecule has 11 heteroatoms. The van der Waals surface area contributed by atoms with Crippen LogP contribution in [0, 0.1) is 24.0 Å². The Bertz CT molecular complexity index is 1320. The van der Waals surface area contributed by atoms with E-state index in [2.05, 4.69) is 26.2 Å². The molecule has 0 spiro atoms. The van der Waals surface area contributed by atoms with Crippen molar-refractivity contribution < 1.29 is 14.4 Å². The molecule has 2 aliphatic heterocycles. The third kappa shape index (κ3) is 4.96. The van der Waals surface area contributed by atoms with E-state index in [1.54, 1.807) is 18.3 Å². The van der Waals surface area contributed by atoms with Crippen LogP contribution in [0.3, 0.4) is 0 Å². The fourth-order valence-corrected chi connectivity index (χ4v) is 5.81. The molecule has 5 rings (SSSR count). The molecule has 2 aliphatic rings. The van der Waals surface area contributed by atoms with Gasteiger partial charge in [-0.2, -0.15) is 0 Å². The van der Waals surface area contributed by atoms with Crippen LogP contribution in [0.5, 0.6) is 5.75 Å². The van der Waals surface area contributed by atoms with Gasteiger partial charge in [0.1, 0.15) is 11.4 Å². The maximum absolute atomic E-state index is 12.0. The number of pyridine rings is 1. The molecule has 0 saturated carbocycles. The van der Waals surface area contributed by atoms with Crippen LogP contribution in [0.2, 0.25) is 0 Å². The number of rotatable bonds is 8. The number of nitro groups is 1. The molecule has 2 atom stereocenters. The monoisotopic (exact) mass is 536 g/mol. The van der Waals surface area contributed by atoms with Crippen LogP contribution in [0.25, 0.3) is 5.69 Å². The van der Waals surface area contributed by atoms with Crippen molar-refractivity contribution in [2.24, 2.45) is 0 Å². The molecule has 2 aromatic heterocycles. The summed E-state index contributed by atoms with van der Waals surface area (Å²) in [5, 5.41) is 16.2. The van der Waals surface area contributed by atoms with Gasteiger partial charge < -0.3 is 24.3 Å². The molecule has 2 fully saturated rings. The molecule has 1 aromatic carbocycles. The number of thiocarbonyl (C=S) groups is 1. The van der Waals surface area contributed by atoms with E-state index in [4.69, 9.17) is 21.7 Å². The Balaban J connectivity index is 1.56. The molecule has 0 unspecified atom stereocenters. The minimum Gasteiger partial charge on any atom is -0.496 e. The molecule has 38 heavy (non-hydrogen) atoms. The molecule has 3 aromatic rings. The second kappa shape index (κ2) is 11.1. The van der Waals surface area contributed by atoms with Crippen LogP contribution in [-0.2, 0) is 4.74 Å². The number of ether oxygens (including phenoxy) is 2. The maximum Gasteiger partial charge on any atom is 0.296 e. The van der Waals surface area contributed by atoms with Gasteiger partial charge in [-0.25, -0.2) is 0 Å². The summed E-state index contributed by atoms with van der Waals surface area (Å²) in [6.07, 6.45) is 1.79. The largest absolute Gasteiger partial charge is 0.496 e. The van der Waals surface area contributed by atoms with Gasteiger partial charge in [-0.1, -0.05) is 6.07 Å². The minimum atomic E-state index is -0.367. The van der Waals surface area contributed by atoms with Crippen LogP contribution in [0.1, 0.15) is 34.7 Å². The zero-order chi connectivity index (χ0) is 26.8. The van der Waals surface area contributed by atoms with Gasteiger partial charge >= 0.3 is 0 Å². The number of nitrogens with one attached hydrogen (secondary N) is 1. The number of hydrogen-bond donors (Lipinski definition) is 1. The zero-order valence-electron chi connectivity index (χ0n) is 21.8. The molecule has 200 valence electrons. The van der Waals surface area contributed by atoms with Crippen LogP contribution >= 0.6 is 12.2 Å². The fourth-order valence-electron chi connectivity index (χ4n) is 5.48. The van der Waals surface area contributed by atoms with E-state index in [1.807, 2.05) is 36.6 Å². The van der Waals surface area contributed by atoms with Crippen molar-refractivity contribution in [3.63, 3.8) is 0 Å². The van der Waals surface area contributed by atoms with Gasteiger partial charge in [-0.05, 0) is 62.0 Å². The first-order valence-electron chi connectivity index (χ1n) is 12.7. The zero-order valence-corrected chi connectivity index (χ0v) is 22.6. The number of methoxy groups -OCH3 is 1. The quantitative estimate of drug-likeness (QED) is 0.262. The topological polar surface area (TPSA) is 97.9 Å². The number of nitrogens with zero attached hydrogens (tertiary/aromatic N) is 5. The highest BCUT2D eigenvalue weighted by atomic mass is 32.1. The van der Waals surface area contributed by atoms with Crippen molar-refractivity contribution in [3.05, 3.63) is 81.4 Å². The molecular formula is C27H32N6O4S. The van der Waals surface area contributed by atoms with Crippen molar-refractivity contribution in [3.8, 4) is 11.4 Å². The maximum atomic E-state index is 12.0.